The lowest BCUT2D eigenvalue weighted by Gasteiger charge is -2.24. The van der Waals surface area contributed by atoms with E-state index in [-0.39, 0.29) is 47.1 Å². The van der Waals surface area contributed by atoms with Crippen molar-refractivity contribution in [1.29, 1.82) is 0 Å². The summed E-state index contributed by atoms with van der Waals surface area (Å²) in [6, 6.07) is 7.55. The fraction of sp³-hybridized carbons (Fsp3) is 0.308. The number of fused-ring (bicyclic) bond motifs is 1. The van der Waals surface area contributed by atoms with Crippen molar-refractivity contribution in [2.75, 3.05) is 17.4 Å². The molecule has 5 rings (SSSR count). The molecular formula is C26H24ClF2N5O6S. The van der Waals surface area contributed by atoms with Crippen LogP contribution in [-0.4, -0.2) is 66.7 Å². The molecule has 11 nitrogen and oxygen atoms in total. The summed E-state index contributed by atoms with van der Waals surface area (Å²) in [5.41, 5.74) is 0.847. The number of anilines is 1. The molecule has 41 heavy (non-hydrogen) atoms. The van der Waals surface area contributed by atoms with Gasteiger partial charge in [0.15, 0.2) is 5.78 Å². The van der Waals surface area contributed by atoms with Crippen LogP contribution < -0.4 is 14.3 Å². The van der Waals surface area contributed by atoms with Crippen LogP contribution in [-0.2, 0) is 37.7 Å². The second kappa shape index (κ2) is 10.7. The third-order valence-electron chi connectivity index (χ3n) is 7.02. The first-order valence-corrected chi connectivity index (χ1v) is 14.3. The number of rotatable bonds is 7. The average molecular weight is 608 g/mol. The maximum atomic E-state index is 14.5. The lowest BCUT2D eigenvalue weighted by atomic mass is 10.1. The van der Waals surface area contributed by atoms with Crippen molar-refractivity contribution in [3.8, 4) is 0 Å². The number of benzene rings is 2. The summed E-state index contributed by atoms with van der Waals surface area (Å²) in [6.45, 7) is -0.0540. The van der Waals surface area contributed by atoms with Crippen LogP contribution in [0.15, 0.2) is 42.6 Å². The summed E-state index contributed by atoms with van der Waals surface area (Å²) in [7, 11) is -4.10. The van der Waals surface area contributed by atoms with E-state index in [0.717, 1.165) is 9.21 Å². The zero-order chi connectivity index (χ0) is 29.6. The number of carbonyl (C=O) groups excluding carboxylic acids is 4. The van der Waals surface area contributed by atoms with E-state index >= 15 is 0 Å². The maximum absolute atomic E-state index is 14.5. The first-order chi connectivity index (χ1) is 19.4. The van der Waals surface area contributed by atoms with Crippen molar-refractivity contribution in [3.63, 3.8) is 0 Å². The van der Waals surface area contributed by atoms with Gasteiger partial charge in [0.2, 0.25) is 11.8 Å². The highest BCUT2D eigenvalue weighted by Crippen LogP contribution is 2.30. The van der Waals surface area contributed by atoms with Gasteiger partial charge in [-0.15, -0.1) is 0 Å². The molecule has 2 fully saturated rings. The molecule has 3 amide bonds. The van der Waals surface area contributed by atoms with E-state index < -0.39 is 59.1 Å². The second-order valence-electron chi connectivity index (χ2n) is 9.79. The molecular weight excluding hydrogens is 584 g/mol. The van der Waals surface area contributed by atoms with Gasteiger partial charge in [0.1, 0.15) is 31.1 Å². The number of halogens is 3. The zero-order valence-electron chi connectivity index (χ0n) is 21.6. The molecule has 15 heteroatoms. The summed E-state index contributed by atoms with van der Waals surface area (Å²) in [4.78, 5) is 51.4. The van der Waals surface area contributed by atoms with Gasteiger partial charge in [-0.25, -0.2) is 17.8 Å². The lowest BCUT2D eigenvalue weighted by molar-refractivity contribution is -0.139. The standard InChI is InChI=1S/C26H24ClF2N5O6S/c1-14(35)19-11-32(21-8-17(5-6-18(19)21)34-12-23(36)31-41(34,39)40)13-24(37)33-10-16(28)7-22(33)26(38)30-9-15-3-2-4-20(27)25(15)29/h2-6,8,11,16,22H,7,9-10,12-13H2,1H3,(H,30,38)(H,31,36)/t16-,22+/m1/s1. The Morgan fingerprint density at radius 3 is 2.63 bits per heavy atom. The number of carbonyl (C=O) groups is 4. The van der Waals surface area contributed by atoms with Crippen molar-refractivity contribution < 1.29 is 36.4 Å². The molecule has 2 atom stereocenters. The number of ketones is 1. The fourth-order valence-corrected chi connectivity index (χ4v) is 6.39. The Morgan fingerprint density at radius 2 is 1.95 bits per heavy atom. The quantitative estimate of drug-likeness (QED) is 0.395. The van der Waals surface area contributed by atoms with E-state index in [1.54, 1.807) is 0 Å². The van der Waals surface area contributed by atoms with Crippen molar-refractivity contribution >= 4 is 61.9 Å². The molecule has 2 aliphatic heterocycles. The van der Waals surface area contributed by atoms with Crippen molar-refractivity contribution in [2.24, 2.45) is 0 Å². The van der Waals surface area contributed by atoms with E-state index in [2.05, 4.69) is 5.32 Å². The number of amides is 3. The van der Waals surface area contributed by atoms with Crippen LogP contribution in [0.5, 0.6) is 0 Å². The zero-order valence-corrected chi connectivity index (χ0v) is 23.1. The first kappa shape index (κ1) is 28.5. The van der Waals surface area contributed by atoms with E-state index in [4.69, 9.17) is 11.6 Å². The predicted molar refractivity (Wildman–Crippen MR) is 145 cm³/mol. The van der Waals surface area contributed by atoms with Crippen LogP contribution in [0.2, 0.25) is 5.02 Å². The summed E-state index contributed by atoms with van der Waals surface area (Å²) in [6.07, 6.45) is -0.293. The lowest BCUT2D eigenvalue weighted by Crippen LogP contribution is -2.46. The molecule has 1 aromatic heterocycles. The number of alkyl halides is 1. The number of aromatic nitrogens is 1. The van der Waals surface area contributed by atoms with Crippen LogP contribution in [0.3, 0.4) is 0 Å². The highest BCUT2D eigenvalue weighted by molar-refractivity contribution is 7.92. The minimum atomic E-state index is -4.10. The Labute approximate surface area is 238 Å². The van der Waals surface area contributed by atoms with Gasteiger partial charge < -0.3 is 14.8 Å². The largest absolute Gasteiger partial charge is 0.350 e. The number of likely N-dealkylation sites (tertiary alicyclic amines) is 1. The van der Waals surface area contributed by atoms with Gasteiger partial charge in [0.05, 0.1) is 22.8 Å². The highest BCUT2D eigenvalue weighted by atomic mass is 35.5. The maximum Gasteiger partial charge on any atom is 0.326 e. The van der Waals surface area contributed by atoms with E-state index in [1.165, 1.54) is 54.1 Å². The molecule has 3 aromatic rings. The minimum Gasteiger partial charge on any atom is -0.350 e. The Hall–Kier alpha value is -4.04. The van der Waals surface area contributed by atoms with Crippen LogP contribution >= 0.6 is 11.6 Å². The van der Waals surface area contributed by atoms with Gasteiger partial charge >= 0.3 is 10.2 Å². The predicted octanol–water partition coefficient (Wildman–Crippen LogP) is 2.07. The monoisotopic (exact) mass is 607 g/mol. The SMILES string of the molecule is CC(=O)c1cn(CC(=O)N2C[C@H](F)C[C@H]2C(=O)NCc2cccc(Cl)c2F)c2cc(N3CC(=O)NS3(=O)=O)ccc12. The van der Waals surface area contributed by atoms with Gasteiger partial charge in [0.25, 0.3) is 5.91 Å². The highest BCUT2D eigenvalue weighted by Gasteiger charge is 2.40. The second-order valence-corrected chi connectivity index (χ2v) is 11.8. The van der Waals surface area contributed by atoms with Crippen LogP contribution in [0.25, 0.3) is 10.9 Å². The third-order valence-corrected chi connectivity index (χ3v) is 8.71. The molecule has 216 valence electrons. The third kappa shape index (κ3) is 5.48. The normalized spacial score (nSPS) is 20.0. The molecule has 2 aromatic carbocycles. The summed E-state index contributed by atoms with van der Waals surface area (Å²) in [5.74, 6) is -3.01. The summed E-state index contributed by atoms with van der Waals surface area (Å²) >= 11 is 5.78. The number of Topliss-reactive ketones (excluding diaryl/α,β-unsaturated/α-hetero) is 1. The molecule has 2 aliphatic rings. The van der Waals surface area contributed by atoms with Gasteiger partial charge in [-0.05, 0) is 25.1 Å². The average Bonchev–Trinajstić information content (AvgIpc) is 3.56. The molecule has 0 unspecified atom stereocenters. The molecule has 2 saturated heterocycles. The van der Waals surface area contributed by atoms with Gasteiger partial charge in [-0.1, -0.05) is 29.8 Å². The Kier molecular flexibility index (Phi) is 7.46. The van der Waals surface area contributed by atoms with Crippen LogP contribution in [0, 0.1) is 5.82 Å². The topological polar surface area (TPSA) is 138 Å². The molecule has 0 saturated carbocycles. The molecule has 0 radical (unpaired) electrons. The molecule has 3 heterocycles. The Bertz CT molecular complexity index is 1710. The molecule has 0 spiro atoms. The minimum absolute atomic E-state index is 0.115. The summed E-state index contributed by atoms with van der Waals surface area (Å²) < 4.78 is 57.5. The van der Waals surface area contributed by atoms with Crippen molar-refractivity contribution in [2.45, 2.75) is 38.6 Å². The smallest absolute Gasteiger partial charge is 0.326 e. The van der Waals surface area contributed by atoms with Gasteiger partial charge in [-0.3, -0.25) is 19.2 Å². The van der Waals surface area contributed by atoms with Crippen LogP contribution in [0.4, 0.5) is 14.5 Å². The first-order valence-electron chi connectivity index (χ1n) is 12.5. The number of nitrogens with zero attached hydrogens (tertiary/aromatic N) is 3. The molecule has 0 bridgehead atoms. The van der Waals surface area contributed by atoms with Crippen molar-refractivity contribution in [3.05, 3.63) is 64.6 Å². The van der Waals surface area contributed by atoms with Crippen molar-refractivity contribution in [1.82, 2.24) is 19.5 Å². The van der Waals surface area contributed by atoms with Gasteiger partial charge in [-0.2, -0.15) is 8.42 Å². The number of nitrogens with one attached hydrogen (secondary N) is 2. The molecule has 0 aliphatic carbocycles. The molecule has 2 N–H and O–H groups in total. The van der Waals surface area contributed by atoms with Crippen LogP contribution in [0.1, 0.15) is 29.3 Å². The summed E-state index contributed by atoms with van der Waals surface area (Å²) in [5, 5.41) is 2.85. The fourth-order valence-electron chi connectivity index (χ4n) is 5.05. The van der Waals surface area contributed by atoms with E-state index in [9.17, 15) is 36.4 Å². The van der Waals surface area contributed by atoms with E-state index in [0.29, 0.717) is 10.9 Å². The number of hydrogen-bond acceptors (Lipinski definition) is 6. The van der Waals surface area contributed by atoms with E-state index in [1.807, 2.05) is 4.72 Å². The Balaban J connectivity index is 1.40. The van der Waals surface area contributed by atoms with Gasteiger partial charge in [0, 0.05) is 35.7 Å². The Morgan fingerprint density at radius 1 is 1.20 bits per heavy atom. The number of hydrogen-bond donors (Lipinski definition) is 2.